The topological polar surface area (TPSA) is 92.8 Å². The highest BCUT2D eigenvalue weighted by Crippen LogP contribution is 2.42. The summed E-state index contributed by atoms with van der Waals surface area (Å²) in [5.74, 6) is -1.70. The summed E-state index contributed by atoms with van der Waals surface area (Å²) in [5.41, 5.74) is 0.879. The van der Waals surface area contributed by atoms with Crippen molar-refractivity contribution in [2.75, 3.05) is 25.6 Å². The van der Waals surface area contributed by atoms with Crippen molar-refractivity contribution in [3.05, 3.63) is 24.3 Å². The summed E-state index contributed by atoms with van der Waals surface area (Å²) < 4.78 is 61.0. The number of anilines is 1. The molecule has 5 atom stereocenters. The zero-order chi connectivity index (χ0) is 21.9. The molecule has 0 radical (unpaired) electrons. The van der Waals surface area contributed by atoms with E-state index in [1.54, 1.807) is 39.8 Å². The lowest BCUT2D eigenvalue weighted by molar-refractivity contribution is -0.230. The lowest BCUT2D eigenvalue weighted by atomic mass is 10.1. The standard InChI is InChI=1S/C20H29NO8S/c1-19(2)24-11-14(26-19)15-16(17-18(25-15)28-20(3,4)27-17)29-30(22,23)13-9-7-12(8-10-13)21(5)6/h7-10,14-18H,11H2,1-6H3/t14-,15+,16+,17-,18+/m1/s1. The summed E-state index contributed by atoms with van der Waals surface area (Å²) in [6, 6.07) is 6.47. The molecule has 0 bridgehead atoms. The molecule has 4 rings (SSSR count). The molecule has 0 unspecified atom stereocenters. The van der Waals surface area contributed by atoms with Gasteiger partial charge in [-0.25, -0.2) is 0 Å². The van der Waals surface area contributed by atoms with Crippen LogP contribution in [-0.2, 0) is 38.0 Å². The molecule has 3 saturated heterocycles. The summed E-state index contributed by atoms with van der Waals surface area (Å²) in [4.78, 5) is 1.94. The minimum absolute atomic E-state index is 0.0531. The van der Waals surface area contributed by atoms with Crippen molar-refractivity contribution in [1.82, 2.24) is 0 Å². The first kappa shape index (κ1) is 21.9. The van der Waals surface area contributed by atoms with Crippen LogP contribution in [0.4, 0.5) is 5.69 Å². The second-order valence-electron chi connectivity index (χ2n) is 8.84. The minimum atomic E-state index is -4.08. The minimum Gasteiger partial charge on any atom is -0.378 e. The molecule has 0 saturated carbocycles. The maximum absolute atomic E-state index is 13.0. The molecule has 0 aliphatic carbocycles. The molecule has 3 aliphatic heterocycles. The van der Waals surface area contributed by atoms with Gasteiger partial charge in [-0.2, -0.15) is 8.42 Å². The van der Waals surface area contributed by atoms with Crippen molar-refractivity contribution in [2.24, 2.45) is 0 Å². The molecule has 0 aromatic heterocycles. The summed E-state index contributed by atoms with van der Waals surface area (Å²) in [6.07, 6.45) is -3.66. The molecule has 9 nitrogen and oxygen atoms in total. The third kappa shape index (κ3) is 4.22. The number of hydrogen-bond donors (Lipinski definition) is 0. The van der Waals surface area contributed by atoms with E-state index in [-0.39, 0.29) is 11.5 Å². The van der Waals surface area contributed by atoms with Gasteiger partial charge in [0.05, 0.1) is 11.5 Å². The molecule has 0 spiro atoms. The van der Waals surface area contributed by atoms with Crippen LogP contribution in [0.5, 0.6) is 0 Å². The van der Waals surface area contributed by atoms with E-state index in [1.165, 1.54) is 12.1 Å². The molecule has 3 heterocycles. The van der Waals surface area contributed by atoms with Crippen molar-refractivity contribution in [1.29, 1.82) is 0 Å². The highest BCUT2D eigenvalue weighted by atomic mass is 32.2. The SMILES string of the molecule is CN(C)c1ccc(S(=O)(=O)O[C@H]2[C@H]([C@H]3COC(C)(C)O3)O[C@H]3OC(C)(C)O[C@@H]32)cc1. The Hall–Kier alpha value is -1.27. The first-order chi connectivity index (χ1) is 13.9. The van der Waals surface area contributed by atoms with Gasteiger partial charge in [-0.05, 0) is 52.0 Å². The monoisotopic (exact) mass is 443 g/mol. The average molecular weight is 444 g/mol. The van der Waals surface area contributed by atoms with Gasteiger partial charge in [0.25, 0.3) is 10.1 Å². The molecule has 168 valence electrons. The Morgan fingerprint density at radius 3 is 2.20 bits per heavy atom. The van der Waals surface area contributed by atoms with Crippen LogP contribution < -0.4 is 4.90 Å². The number of fused-ring (bicyclic) bond motifs is 1. The zero-order valence-corrected chi connectivity index (χ0v) is 18.8. The molecule has 10 heteroatoms. The van der Waals surface area contributed by atoms with Crippen LogP contribution in [-0.4, -0.2) is 71.4 Å². The van der Waals surface area contributed by atoms with E-state index in [9.17, 15) is 8.42 Å². The third-order valence-electron chi connectivity index (χ3n) is 5.30. The lowest BCUT2D eigenvalue weighted by Crippen LogP contribution is -2.45. The van der Waals surface area contributed by atoms with Crippen LogP contribution >= 0.6 is 0 Å². The fraction of sp³-hybridized carbons (Fsp3) is 0.700. The fourth-order valence-corrected chi connectivity index (χ4v) is 5.00. The van der Waals surface area contributed by atoms with Gasteiger partial charge < -0.3 is 28.6 Å². The first-order valence-electron chi connectivity index (χ1n) is 9.90. The summed E-state index contributed by atoms with van der Waals surface area (Å²) in [6.45, 7) is 7.31. The van der Waals surface area contributed by atoms with Gasteiger partial charge in [-0.3, -0.25) is 4.18 Å². The quantitative estimate of drug-likeness (QED) is 0.632. The van der Waals surface area contributed by atoms with Crippen LogP contribution in [0.3, 0.4) is 0 Å². The van der Waals surface area contributed by atoms with Crippen LogP contribution in [0.1, 0.15) is 27.7 Å². The van der Waals surface area contributed by atoms with Gasteiger partial charge in [0, 0.05) is 19.8 Å². The number of rotatable bonds is 5. The van der Waals surface area contributed by atoms with Crippen molar-refractivity contribution in [2.45, 2.75) is 74.9 Å². The molecular weight excluding hydrogens is 414 g/mol. The second kappa shape index (κ2) is 7.40. The van der Waals surface area contributed by atoms with E-state index < -0.39 is 52.4 Å². The number of hydrogen-bond acceptors (Lipinski definition) is 9. The molecule has 30 heavy (non-hydrogen) atoms. The second-order valence-corrected chi connectivity index (χ2v) is 10.4. The lowest BCUT2D eigenvalue weighted by Gasteiger charge is -2.28. The van der Waals surface area contributed by atoms with Gasteiger partial charge in [0.15, 0.2) is 17.9 Å². The van der Waals surface area contributed by atoms with Crippen molar-refractivity contribution in [3.8, 4) is 0 Å². The summed E-state index contributed by atoms with van der Waals surface area (Å²) in [5, 5.41) is 0. The molecule has 3 fully saturated rings. The maximum Gasteiger partial charge on any atom is 0.297 e. The molecule has 0 N–H and O–H groups in total. The third-order valence-corrected chi connectivity index (χ3v) is 6.63. The predicted octanol–water partition coefficient (Wildman–Crippen LogP) is 1.85. The molecular formula is C20H29NO8S. The Morgan fingerprint density at radius 2 is 1.63 bits per heavy atom. The molecule has 1 aromatic rings. The van der Waals surface area contributed by atoms with Gasteiger partial charge in [0.1, 0.15) is 24.4 Å². The number of benzene rings is 1. The van der Waals surface area contributed by atoms with Crippen LogP contribution in [0.25, 0.3) is 0 Å². The fourth-order valence-electron chi connectivity index (χ4n) is 3.90. The van der Waals surface area contributed by atoms with E-state index >= 15 is 0 Å². The maximum atomic E-state index is 13.0. The Labute approximate surface area is 177 Å². The summed E-state index contributed by atoms with van der Waals surface area (Å²) >= 11 is 0. The molecule has 1 aromatic carbocycles. The first-order valence-corrected chi connectivity index (χ1v) is 11.3. The van der Waals surface area contributed by atoms with Crippen molar-refractivity contribution in [3.63, 3.8) is 0 Å². The van der Waals surface area contributed by atoms with E-state index in [4.69, 9.17) is 27.9 Å². The summed E-state index contributed by atoms with van der Waals surface area (Å²) in [7, 11) is -0.324. The van der Waals surface area contributed by atoms with Crippen molar-refractivity contribution >= 4 is 15.8 Å². The largest absolute Gasteiger partial charge is 0.378 e. The van der Waals surface area contributed by atoms with E-state index in [0.717, 1.165) is 5.69 Å². The highest BCUT2D eigenvalue weighted by molar-refractivity contribution is 7.86. The van der Waals surface area contributed by atoms with Crippen molar-refractivity contribution < 1.29 is 36.3 Å². The van der Waals surface area contributed by atoms with Gasteiger partial charge in [-0.1, -0.05) is 0 Å². The van der Waals surface area contributed by atoms with Crippen LogP contribution in [0.2, 0.25) is 0 Å². The predicted molar refractivity (Wildman–Crippen MR) is 106 cm³/mol. The van der Waals surface area contributed by atoms with Gasteiger partial charge >= 0.3 is 0 Å². The van der Waals surface area contributed by atoms with Gasteiger partial charge in [-0.15, -0.1) is 0 Å². The zero-order valence-electron chi connectivity index (χ0n) is 18.0. The van der Waals surface area contributed by atoms with E-state index in [1.807, 2.05) is 19.0 Å². The van der Waals surface area contributed by atoms with Crippen LogP contribution in [0, 0.1) is 0 Å². The van der Waals surface area contributed by atoms with Crippen LogP contribution in [0.15, 0.2) is 29.2 Å². The Bertz CT molecular complexity index is 883. The normalized spacial score (nSPS) is 34.8. The molecule has 3 aliphatic rings. The number of ether oxygens (including phenoxy) is 5. The average Bonchev–Trinajstić information content (AvgIpc) is 3.25. The molecule has 0 amide bonds. The van der Waals surface area contributed by atoms with Gasteiger partial charge in [0.2, 0.25) is 0 Å². The van der Waals surface area contributed by atoms with E-state index in [2.05, 4.69) is 0 Å². The highest BCUT2D eigenvalue weighted by Gasteiger charge is 2.60. The Kier molecular flexibility index (Phi) is 5.42. The number of nitrogens with zero attached hydrogens (tertiary/aromatic N) is 1. The Balaban J connectivity index is 1.59. The van der Waals surface area contributed by atoms with E-state index in [0.29, 0.717) is 0 Å². The Morgan fingerprint density at radius 1 is 0.967 bits per heavy atom. The smallest absolute Gasteiger partial charge is 0.297 e.